The standard InChI is InChI=1S/C20H28N4O/c1-16-19(13-21-20(25)15-23-11-7-4-8-12-23)17(2)24(22-16)14-18-9-5-3-6-10-18/h3,5-6,9-10H,4,7-8,11-15H2,1-2H3,(H,21,25). The van der Waals surface area contributed by atoms with Crippen LogP contribution in [0.15, 0.2) is 30.3 Å². The molecule has 1 saturated heterocycles. The van der Waals surface area contributed by atoms with Crippen molar-refractivity contribution in [3.63, 3.8) is 0 Å². The van der Waals surface area contributed by atoms with Gasteiger partial charge in [-0.15, -0.1) is 0 Å². The van der Waals surface area contributed by atoms with Gasteiger partial charge in [0.25, 0.3) is 0 Å². The summed E-state index contributed by atoms with van der Waals surface area (Å²) in [6.45, 7) is 8.00. The van der Waals surface area contributed by atoms with Crippen molar-refractivity contribution in [3.8, 4) is 0 Å². The lowest BCUT2D eigenvalue weighted by Gasteiger charge is -2.25. The van der Waals surface area contributed by atoms with E-state index in [4.69, 9.17) is 0 Å². The fraction of sp³-hybridized carbons (Fsp3) is 0.500. The molecule has 1 amide bonds. The van der Waals surface area contributed by atoms with Crippen LogP contribution in [0.1, 0.15) is 41.8 Å². The molecule has 0 radical (unpaired) electrons. The quantitative estimate of drug-likeness (QED) is 0.879. The van der Waals surface area contributed by atoms with Gasteiger partial charge in [0.2, 0.25) is 5.91 Å². The molecule has 0 spiro atoms. The molecule has 25 heavy (non-hydrogen) atoms. The summed E-state index contributed by atoms with van der Waals surface area (Å²) in [7, 11) is 0. The van der Waals surface area contributed by atoms with E-state index in [9.17, 15) is 4.79 Å². The molecule has 0 saturated carbocycles. The van der Waals surface area contributed by atoms with Crippen molar-refractivity contribution in [2.24, 2.45) is 0 Å². The van der Waals surface area contributed by atoms with Gasteiger partial charge in [0, 0.05) is 17.8 Å². The van der Waals surface area contributed by atoms with Crippen molar-refractivity contribution in [3.05, 3.63) is 52.8 Å². The van der Waals surface area contributed by atoms with E-state index in [2.05, 4.69) is 34.4 Å². The molecular weight excluding hydrogens is 312 g/mol. The molecule has 1 aliphatic rings. The van der Waals surface area contributed by atoms with E-state index in [1.807, 2.05) is 29.8 Å². The number of aryl methyl sites for hydroxylation is 1. The van der Waals surface area contributed by atoms with Crippen molar-refractivity contribution in [1.29, 1.82) is 0 Å². The van der Waals surface area contributed by atoms with Gasteiger partial charge in [0.1, 0.15) is 0 Å². The zero-order chi connectivity index (χ0) is 17.6. The van der Waals surface area contributed by atoms with Crippen molar-refractivity contribution in [2.75, 3.05) is 19.6 Å². The Balaban J connectivity index is 1.58. The van der Waals surface area contributed by atoms with E-state index in [-0.39, 0.29) is 5.91 Å². The van der Waals surface area contributed by atoms with E-state index >= 15 is 0 Å². The molecule has 5 nitrogen and oxygen atoms in total. The predicted molar refractivity (Wildman–Crippen MR) is 99.4 cm³/mol. The number of hydrogen-bond acceptors (Lipinski definition) is 3. The zero-order valence-electron chi connectivity index (χ0n) is 15.3. The summed E-state index contributed by atoms with van der Waals surface area (Å²) < 4.78 is 2.02. The van der Waals surface area contributed by atoms with Crippen molar-refractivity contribution < 1.29 is 4.79 Å². The predicted octanol–water partition coefficient (Wildman–Crippen LogP) is 2.65. The zero-order valence-corrected chi connectivity index (χ0v) is 15.3. The van der Waals surface area contributed by atoms with Gasteiger partial charge >= 0.3 is 0 Å². The van der Waals surface area contributed by atoms with Crippen LogP contribution in [-0.2, 0) is 17.9 Å². The molecular formula is C20H28N4O. The van der Waals surface area contributed by atoms with Crippen LogP contribution in [0.2, 0.25) is 0 Å². The van der Waals surface area contributed by atoms with Crippen LogP contribution in [0.3, 0.4) is 0 Å². The summed E-state index contributed by atoms with van der Waals surface area (Å²) in [4.78, 5) is 14.5. The number of rotatable bonds is 6. The molecule has 0 bridgehead atoms. The number of nitrogens with one attached hydrogen (secondary N) is 1. The molecule has 1 aromatic carbocycles. The molecule has 0 atom stereocenters. The third-order valence-corrected chi connectivity index (χ3v) is 4.98. The Morgan fingerprint density at radius 2 is 1.84 bits per heavy atom. The van der Waals surface area contributed by atoms with Crippen LogP contribution >= 0.6 is 0 Å². The largest absolute Gasteiger partial charge is 0.351 e. The number of carbonyl (C=O) groups excluding carboxylic acids is 1. The number of amides is 1. The van der Waals surface area contributed by atoms with Gasteiger partial charge in [0.15, 0.2) is 0 Å². The van der Waals surface area contributed by atoms with E-state index < -0.39 is 0 Å². The highest BCUT2D eigenvalue weighted by Gasteiger charge is 2.16. The molecule has 2 aromatic rings. The highest BCUT2D eigenvalue weighted by Crippen LogP contribution is 2.15. The van der Waals surface area contributed by atoms with E-state index in [1.165, 1.54) is 24.8 Å². The summed E-state index contributed by atoms with van der Waals surface area (Å²) in [6, 6.07) is 10.3. The minimum atomic E-state index is 0.108. The molecule has 0 unspecified atom stereocenters. The monoisotopic (exact) mass is 340 g/mol. The number of likely N-dealkylation sites (tertiary alicyclic amines) is 1. The first-order chi connectivity index (χ1) is 12.1. The first-order valence-electron chi connectivity index (χ1n) is 9.19. The molecule has 1 aliphatic heterocycles. The minimum absolute atomic E-state index is 0.108. The molecule has 1 fully saturated rings. The lowest BCUT2D eigenvalue weighted by molar-refractivity contribution is -0.122. The second-order valence-corrected chi connectivity index (χ2v) is 6.91. The molecule has 134 valence electrons. The Morgan fingerprint density at radius 3 is 2.56 bits per heavy atom. The Labute approximate surface area is 150 Å². The Bertz CT molecular complexity index is 702. The summed E-state index contributed by atoms with van der Waals surface area (Å²) in [5.74, 6) is 0.108. The number of piperidine rings is 1. The molecule has 0 aliphatic carbocycles. The number of hydrogen-bond donors (Lipinski definition) is 1. The van der Waals surface area contributed by atoms with E-state index in [0.717, 1.165) is 36.6 Å². The van der Waals surface area contributed by atoms with Gasteiger partial charge < -0.3 is 5.32 Å². The van der Waals surface area contributed by atoms with Crippen LogP contribution in [0.5, 0.6) is 0 Å². The maximum atomic E-state index is 12.2. The lowest BCUT2D eigenvalue weighted by Crippen LogP contribution is -2.39. The van der Waals surface area contributed by atoms with Crippen LogP contribution in [0.4, 0.5) is 0 Å². The number of nitrogens with zero attached hydrogens (tertiary/aromatic N) is 3. The summed E-state index contributed by atoms with van der Waals surface area (Å²) >= 11 is 0. The Hall–Kier alpha value is -2.14. The van der Waals surface area contributed by atoms with E-state index in [0.29, 0.717) is 13.1 Å². The third-order valence-electron chi connectivity index (χ3n) is 4.98. The molecule has 3 rings (SSSR count). The minimum Gasteiger partial charge on any atom is -0.351 e. The maximum absolute atomic E-state index is 12.2. The second kappa shape index (κ2) is 8.30. The number of benzene rings is 1. The van der Waals surface area contributed by atoms with Gasteiger partial charge in [-0.25, -0.2) is 0 Å². The van der Waals surface area contributed by atoms with Crippen molar-refractivity contribution in [2.45, 2.75) is 46.2 Å². The Morgan fingerprint density at radius 1 is 1.12 bits per heavy atom. The highest BCUT2D eigenvalue weighted by molar-refractivity contribution is 5.78. The van der Waals surface area contributed by atoms with Gasteiger partial charge in [-0.2, -0.15) is 5.10 Å². The normalized spacial score (nSPS) is 15.3. The first kappa shape index (κ1) is 17.7. The van der Waals surface area contributed by atoms with Crippen molar-refractivity contribution >= 4 is 5.91 Å². The molecule has 5 heteroatoms. The smallest absolute Gasteiger partial charge is 0.234 e. The topological polar surface area (TPSA) is 50.2 Å². The van der Waals surface area contributed by atoms with Gasteiger partial charge in [-0.1, -0.05) is 36.8 Å². The van der Waals surface area contributed by atoms with Crippen LogP contribution < -0.4 is 5.32 Å². The highest BCUT2D eigenvalue weighted by atomic mass is 16.2. The number of aromatic nitrogens is 2. The lowest BCUT2D eigenvalue weighted by atomic mass is 10.1. The molecule has 1 N–H and O–H groups in total. The second-order valence-electron chi connectivity index (χ2n) is 6.91. The fourth-order valence-electron chi connectivity index (χ4n) is 3.46. The fourth-order valence-corrected chi connectivity index (χ4v) is 3.46. The Kier molecular flexibility index (Phi) is 5.87. The van der Waals surface area contributed by atoms with Crippen LogP contribution in [0.25, 0.3) is 0 Å². The molecule has 2 heterocycles. The SMILES string of the molecule is Cc1nn(Cc2ccccc2)c(C)c1CNC(=O)CN1CCCCC1. The first-order valence-corrected chi connectivity index (χ1v) is 9.19. The van der Waals surface area contributed by atoms with Crippen LogP contribution in [-0.4, -0.2) is 40.2 Å². The van der Waals surface area contributed by atoms with Crippen LogP contribution in [0, 0.1) is 13.8 Å². The van der Waals surface area contributed by atoms with Gasteiger partial charge in [0.05, 0.1) is 18.8 Å². The van der Waals surface area contributed by atoms with Gasteiger partial charge in [-0.3, -0.25) is 14.4 Å². The average Bonchev–Trinajstić information content (AvgIpc) is 2.88. The summed E-state index contributed by atoms with van der Waals surface area (Å²) in [5, 5.41) is 7.73. The maximum Gasteiger partial charge on any atom is 0.234 e. The number of carbonyl (C=O) groups is 1. The summed E-state index contributed by atoms with van der Waals surface area (Å²) in [5.41, 5.74) is 4.48. The summed E-state index contributed by atoms with van der Waals surface area (Å²) in [6.07, 6.45) is 3.70. The third kappa shape index (κ3) is 4.69. The van der Waals surface area contributed by atoms with Crippen molar-refractivity contribution in [1.82, 2.24) is 20.0 Å². The average molecular weight is 340 g/mol. The van der Waals surface area contributed by atoms with E-state index in [1.54, 1.807) is 0 Å². The van der Waals surface area contributed by atoms with Gasteiger partial charge in [-0.05, 0) is 45.3 Å². The molecule has 1 aromatic heterocycles.